The van der Waals surface area contributed by atoms with Crippen molar-refractivity contribution in [2.45, 2.75) is 12.8 Å². The highest BCUT2D eigenvalue weighted by molar-refractivity contribution is 5.73. The minimum atomic E-state index is -0.196. The van der Waals surface area contributed by atoms with Gasteiger partial charge in [0.1, 0.15) is 0 Å². The number of para-hydroxylation sites is 1. The average molecular weight is 247 g/mol. The molecule has 98 valence electrons. The van der Waals surface area contributed by atoms with Crippen LogP contribution < -0.4 is 10.6 Å². The third-order valence-electron chi connectivity index (χ3n) is 3.39. The van der Waals surface area contributed by atoms with E-state index in [0.29, 0.717) is 6.42 Å². The Morgan fingerprint density at radius 1 is 1.11 bits per heavy atom. The van der Waals surface area contributed by atoms with Crippen molar-refractivity contribution in [1.29, 1.82) is 0 Å². The molecule has 1 saturated heterocycles. The lowest BCUT2D eigenvalue weighted by molar-refractivity contribution is -0.118. The molecule has 0 unspecified atom stereocenters. The smallest absolute Gasteiger partial charge is 0.217 e. The number of carbonyl (C=O) groups excluding carboxylic acids is 1. The van der Waals surface area contributed by atoms with E-state index in [0.717, 1.165) is 39.1 Å². The molecular formula is C14H21N3O. The van der Waals surface area contributed by atoms with Crippen molar-refractivity contribution in [1.82, 2.24) is 4.90 Å². The highest BCUT2D eigenvalue weighted by atomic mass is 16.1. The molecule has 1 heterocycles. The highest BCUT2D eigenvalue weighted by Gasteiger charge is 2.16. The van der Waals surface area contributed by atoms with Gasteiger partial charge in [0.05, 0.1) is 0 Å². The predicted octanol–water partition coefficient (Wildman–Crippen LogP) is 1.07. The molecule has 1 fully saturated rings. The Morgan fingerprint density at radius 2 is 1.78 bits per heavy atom. The first-order valence-corrected chi connectivity index (χ1v) is 6.56. The molecule has 0 saturated carbocycles. The summed E-state index contributed by atoms with van der Waals surface area (Å²) in [5.74, 6) is -0.196. The fourth-order valence-electron chi connectivity index (χ4n) is 2.35. The van der Waals surface area contributed by atoms with Crippen molar-refractivity contribution in [3.8, 4) is 0 Å². The average Bonchev–Trinajstić information content (AvgIpc) is 2.40. The van der Waals surface area contributed by atoms with E-state index in [2.05, 4.69) is 34.1 Å². The molecule has 1 aromatic rings. The molecule has 0 aromatic heterocycles. The Kier molecular flexibility index (Phi) is 4.59. The van der Waals surface area contributed by atoms with E-state index in [4.69, 9.17) is 5.73 Å². The standard InChI is InChI=1S/C14H21N3O/c15-14(18)7-4-8-16-9-11-17(12-10-16)13-5-2-1-3-6-13/h1-3,5-6H,4,7-12H2,(H2,15,18). The van der Waals surface area contributed by atoms with Crippen molar-refractivity contribution in [2.75, 3.05) is 37.6 Å². The lowest BCUT2D eigenvalue weighted by atomic mass is 10.2. The quantitative estimate of drug-likeness (QED) is 0.847. The zero-order valence-corrected chi connectivity index (χ0v) is 10.7. The van der Waals surface area contributed by atoms with Crippen LogP contribution in [-0.4, -0.2) is 43.5 Å². The molecule has 4 heteroatoms. The number of nitrogens with two attached hydrogens (primary N) is 1. The molecular weight excluding hydrogens is 226 g/mol. The summed E-state index contributed by atoms with van der Waals surface area (Å²) in [6.45, 7) is 5.22. The summed E-state index contributed by atoms with van der Waals surface area (Å²) >= 11 is 0. The topological polar surface area (TPSA) is 49.6 Å². The SMILES string of the molecule is NC(=O)CCCN1CCN(c2ccccc2)CC1. The monoisotopic (exact) mass is 247 g/mol. The number of benzene rings is 1. The molecule has 2 rings (SSSR count). The van der Waals surface area contributed by atoms with Gasteiger partial charge in [-0.05, 0) is 25.1 Å². The molecule has 1 aromatic carbocycles. The first kappa shape index (κ1) is 12.9. The van der Waals surface area contributed by atoms with E-state index in [1.165, 1.54) is 5.69 Å². The van der Waals surface area contributed by atoms with Crippen molar-refractivity contribution < 1.29 is 4.79 Å². The third kappa shape index (κ3) is 3.74. The minimum absolute atomic E-state index is 0.196. The van der Waals surface area contributed by atoms with Gasteiger partial charge in [0.2, 0.25) is 5.91 Å². The van der Waals surface area contributed by atoms with Crippen LogP contribution in [0.3, 0.4) is 0 Å². The van der Waals surface area contributed by atoms with Gasteiger partial charge in [-0.2, -0.15) is 0 Å². The van der Waals surface area contributed by atoms with Crippen LogP contribution in [0.15, 0.2) is 30.3 Å². The Labute approximate surface area is 108 Å². The largest absolute Gasteiger partial charge is 0.370 e. The number of rotatable bonds is 5. The van der Waals surface area contributed by atoms with Gasteiger partial charge in [-0.3, -0.25) is 9.69 Å². The van der Waals surface area contributed by atoms with Gasteiger partial charge in [-0.15, -0.1) is 0 Å². The van der Waals surface area contributed by atoms with Crippen LogP contribution in [-0.2, 0) is 4.79 Å². The number of carbonyl (C=O) groups is 1. The van der Waals surface area contributed by atoms with Gasteiger partial charge in [-0.25, -0.2) is 0 Å². The summed E-state index contributed by atoms with van der Waals surface area (Å²) in [6.07, 6.45) is 1.37. The summed E-state index contributed by atoms with van der Waals surface area (Å²) in [6, 6.07) is 10.5. The van der Waals surface area contributed by atoms with E-state index in [9.17, 15) is 4.79 Å². The predicted molar refractivity (Wildman–Crippen MR) is 73.5 cm³/mol. The van der Waals surface area contributed by atoms with Gasteiger partial charge < -0.3 is 10.6 Å². The molecule has 0 atom stereocenters. The van der Waals surface area contributed by atoms with E-state index < -0.39 is 0 Å². The van der Waals surface area contributed by atoms with Crippen LogP contribution in [0.25, 0.3) is 0 Å². The summed E-state index contributed by atoms with van der Waals surface area (Å²) in [7, 11) is 0. The summed E-state index contributed by atoms with van der Waals surface area (Å²) < 4.78 is 0. The fourth-order valence-corrected chi connectivity index (χ4v) is 2.35. The molecule has 1 aliphatic heterocycles. The van der Waals surface area contributed by atoms with E-state index in [1.54, 1.807) is 0 Å². The maximum atomic E-state index is 10.7. The zero-order chi connectivity index (χ0) is 12.8. The maximum Gasteiger partial charge on any atom is 0.217 e. The summed E-state index contributed by atoms with van der Waals surface area (Å²) in [5, 5.41) is 0. The van der Waals surface area contributed by atoms with Crippen LogP contribution in [0.1, 0.15) is 12.8 Å². The number of primary amides is 1. The van der Waals surface area contributed by atoms with Gasteiger partial charge in [0.15, 0.2) is 0 Å². The van der Waals surface area contributed by atoms with Crippen molar-refractivity contribution in [3.63, 3.8) is 0 Å². The number of hydrogen-bond donors (Lipinski definition) is 1. The zero-order valence-electron chi connectivity index (χ0n) is 10.7. The molecule has 4 nitrogen and oxygen atoms in total. The van der Waals surface area contributed by atoms with Crippen LogP contribution >= 0.6 is 0 Å². The van der Waals surface area contributed by atoms with Crippen molar-refractivity contribution in [2.24, 2.45) is 5.73 Å². The van der Waals surface area contributed by atoms with Crippen LogP contribution in [0.5, 0.6) is 0 Å². The molecule has 1 amide bonds. The second-order valence-corrected chi connectivity index (χ2v) is 4.73. The number of nitrogens with zero attached hydrogens (tertiary/aromatic N) is 2. The maximum absolute atomic E-state index is 10.7. The van der Waals surface area contributed by atoms with Crippen molar-refractivity contribution in [3.05, 3.63) is 30.3 Å². The second kappa shape index (κ2) is 6.40. The minimum Gasteiger partial charge on any atom is -0.370 e. The Hall–Kier alpha value is -1.55. The van der Waals surface area contributed by atoms with Crippen LogP contribution in [0.4, 0.5) is 5.69 Å². The number of piperazine rings is 1. The van der Waals surface area contributed by atoms with E-state index in [-0.39, 0.29) is 5.91 Å². The normalized spacial score (nSPS) is 16.8. The molecule has 18 heavy (non-hydrogen) atoms. The molecule has 0 bridgehead atoms. The highest BCUT2D eigenvalue weighted by Crippen LogP contribution is 2.15. The van der Waals surface area contributed by atoms with Gasteiger partial charge >= 0.3 is 0 Å². The first-order valence-electron chi connectivity index (χ1n) is 6.56. The lowest BCUT2D eigenvalue weighted by Crippen LogP contribution is -2.46. The molecule has 0 aliphatic carbocycles. The lowest BCUT2D eigenvalue weighted by Gasteiger charge is -2.36. The van der Waals surface area contributed by atoms with Gasteiger partial charge in [0, 0.05) is 38.3 Å². The molecule has 0 radical (unpaired) electrons. The van der Waals surface area contributed by atoms with Gasteiger partial charge in [-0.1, -0.05) is 18.2 Å². The van der Waals surface area contributed by atoms with Crippen molar-refractivity contribution >= 4 is 11.6 Å². The fraction of sp³-hybridized carbons (Fsp3) is 0.500. The number of hydrogen-bond acceptors (Lipinski definition) is 3. The third-order valence-corrected chi connectivity index (χ3v) is 3.39. The Bertz CT molecular complexity index is 372. The number of anilines is 1. The molecule has 1 aliphatic rings. The molecule has 0 spiro atoms. The van der Waals surface area contributed by atoms with E-state index in [1.807, 2.05) is 6.07 Å². The second-order valence-electron chi connectivity index (χ2n) is 4.73. The van der Waals surface area contributed by atoms with Gasteiger partial charge in [0.25, 0.3) is 0 Å². The Balaban J connectivity index is 1.73. The van der Waals surface area contributed by atoms with E-state index >= 15 is 0 Å². The summed E-state index contributed by atoms with van der Waals surface area (Å²) in [4.78, 5) is 15.5. The summed E-state index contributed by atoms with van der Waals surface area (Å²) in [5.41, 5.74) is 6.44. The van der Waals surface area contributed by atoms with Crippen LogP contribution in [0, 0.1) is 0 Å². The molecule has 2 N–H and O–H groups in total. The number of amides is 1. The Morgan fingerprint density at radius 3 is 2.39 bits per heavy atom. The van der Waals surface area contributed by atoms with Crippen LogP contribution in [0.2, 0.25) is 0 Å². The first-order chi connectivity index (χ1) is 8.75.